The molecule has 0 aliphatic heterocycles. The molecular weight excluding hydrogens is 232 g/mol. The summed E-state index contributed by atoms with van der Waals surface area (Å²) >= 11 is 1.76. The van der Waals surface area contributed by atoms with Crippen LogP contribution in [-0.4, -0.2) is 12.5 Å². The minimum atomic E-state index is -0.393. The maximum atomic E-state index is 10.9. The monoisotopic (exact) mass is 246 g/mol. The summed E-state index contributed by atoms with van der Waals surface area (Å²) in [5, 5.41) is 5.38. The van der Waals surface area contributed by atoms with E-state index in [2.05, 4.69) is 22.8 Å². The van der Waals surface area contributed by atoms with Gasteiger partial charge >= 0.3 is 0 Å². The fourth-order valence-electron chi connectivity index (χ4n) is 1.54. The van der Waals surface area contributed by atoms with Crippen molar-refractivity contribution in [3.05, 3.63) is 52.2 Å². The fraction of sp³-hybridized carbons (Fsp3) is 0.154. The predicted octanol–water partition coefficient (Wildman–Crippen LogP) is 2.50. The third-order valence-corrected chi connectivity index (χ3v) is 3.39. The zero-order valence-corrected chi connectivity index (χ0v) is 10.2. The maximum absolute atomic E-state index is 10.9. The topological polar surface area (TPSA) is 55.1 Å². The van der Waals surface area contributed by atoms with Gasteiger partial charge in [0.05, 0.1) is 0 Å². The second-order valence-electron chi connectivity index (χ2n) is 3.70. The van der Waals surface area contributed by atoms with Crippen LogP contribution in [0, 0.1) is 0 Å². The molecule has 0 aliphatic carbocycles. The lowest BCUT2D eigenvalue weighted by Crippen LogP contribution is -2.11. The molecule has 2 aromatic rings. The molecular formula is C13H14N2OS. The van der Waals surface area contributed by atoms with E-state index in [0.717, 1.165) is 18.7 Å². The van der Waals surface area contributed by atoms with Crippen molar-refractivity contribution >= 4 is 22.9 Å². The maximum Gasteiger partial charge on any atom is 0.248 e. The highest BCUT2D eigenvalue weighted by molar-refractivity contribution is 7.09. The first kappa shape index (κ1) is 11.7. The SMILES string of the molecule is NC(=O)c1ccc(NCCc2cccs2)cc1. The number of nitrogens with two attached hydrogens (primary N) is 1. The van der Waals surface area contributed by atoms with Gasteiger partial charge in [-0.25, -0.2) is 0 Å². The van der Waals surface area contributed by atoms with Crippen molar-refractivity contribution in [1.29, 1.82) is 0 Å². The van der Waals surface area contributed by atoms with Crippen molar-refractivity contribution < 1.29 is 4.79 Å². The summed E-state index contributed by atoms with van der Waals surface area (Å²) in [5.41, 5.74) is 6.71. The lowest BCUT2D eigenvalue weighted by atomic mass is 10.2. The molecule has 4 heteroatoms. The van der Waals surface area contributed by atoms with Crippen LogP contribution in [0.1, 0.15) is 15.2 Å². The smallest absolute Gasteiger partial charge is 0.248 e. The minimum absolute atomic E-state index is 0.393. The molecule has 0 atom stereocenters. The molecule has 2 rings (SSSR count). The van der Waals surface area contributed by atoms with Crippen molar-refractivity contribution in [2.75, 3.05) is 11.9 Å². The van der Waals surface area contributed by atoms with E-state index in [9.17, 15) is 4.79 Å². The van der Waals surface area contributed by atoms with E-state index in [1.165, 1.54) is 4.88 Å². The van der Waals surface area contributed by atoms with Crippen molar-refractivity contribution in [3.8, 4) is 0 Å². The van der Waals surface area contributed by atoms with Gasteiger partial charge in [-0.15, -0.1) is 11.3 Å². The number of anilines is 1. The molecule has 3 N–H and O–H groups in total. The quantitative estimate of drug-likeness (QED) is 0.851. The van der Waals surface area contributed by atoms with Crippen LogP contribution in [0.25, 0.3) is 0 Å². The zero-order chi connectivity index (χ0) is 12.1. The van der Waals surface area contributed by atoms with Crippen LogP contribution in [0.4, 0.5) is 5.69 Å². The standard InChI is InChI=1S/C13H14N2OS/c14-13(16)10-3-5-11(6-4-10)15-8-7-12-2-1-9-17-12/h1-6,9,15H,7-8H2,(H2,14,16). The lowest BCUT2D eigenvalue weighted by Gasteiger charge is -2.05. The van der Waals surface area contributed by atoms with Crippen molar-refractivity contribution in [3.63, 3.8) is 0 Å². The molecule has 3 nitrogen and oxygen atoms in total. The summed E-state index contributed by atoms with van der Waals surface area (Å²) in [7, 11) is 0. The molecule has 0 unspecified atom stereocenters. The van der Waals surface area contributed by atoms with Gasteiger partial charge < -0.3 is 11.1 Å². The van der Waals surface area contributed by atoms with Gasteiger partial charge in [0.2, 0.25) is 5.91 Å². The zero-order valence-electron chi connectivity index (χ0n) is 9.35. The molecule has 0 radical (unpaired) electrons. The van der Waals surface area contributed by atoms with Gasteiger partial charge in [-0.05, 0) is 42.1 Å². The first-order chi connectivity index (χ1) is 8.25. The Morgan fingerprint density at radius 1 is 1.24 bits per heavy atom. The normalized spacial score (nSPS) is 10.1. The van der Waals surface area contributed by atoms with Crippen molar-refractivity contribution in [1.82, 2.24) is 0 Å². The molecule has 0 saturated heterocycles. The highest BCUT2D eigenvalue weighted by Gasteiger charge is 1.99. The summed E-state index contributed by atoms with van der Waals surface area (Å²) in [6, 6.07) is 11.4. The van der Waals surface area contributed by atoms with Crippen LogP contribution >= 0.6 is 11.3 Å². The van der Waals surface area contributed by atoms with Crippen LogP contribution in [0.2, 0.25) is 0 Å². The summed E-state index contributed by atoms with van der Waals surface area (Å²) < 4.78 is 0. The number of nitrogens with one attached hydrogen (secondary N) is 1. The molecule has 1 aromatic heterocycles. The highest BCUT2D eigenvalue weighted by Crippen LogP contribution is 2.11. The molecule has 0 saturated carbocycles. The molecule has 1 heterocycles. The van der Waals surface area contributed by atoms with Gasteiger partial charge in [-0.2, -0.15) is 0 Å². The predicted molar refractivity (Wildman–Crippen MR) is 71.5 cm³/mol. The summed E-state index contributed by atoms with van der Waals surface area (Å²) in [6.07, 6.45) is 1.01. The fourth-order valence-corrected chi connectivity index (χ4v) is 2.25. The van der Waals surface area contributed by atoms with E-state index in [1.54, 1.807) is 23.5 Å². The number of rotatable bonds is 5. The second-order valence-corrected chi connectivity index (χ2v) is 4.73. The van der Waals surface area contributed by atoms with Crippen LogP contribution in [0.3, 0.4) is 0 Å². The number of carbonyl (C=O) groups is 1. The average molecular weight is 246 g/mol. The Kier molecular flexibility index (Phi) is 3.77. The molecule has 0 spiro atoms. The molecule has 88 valence electrons. The van der Waals surface area contributed by atoms with Gasteiger partial charge in [0, 0.05) is 22.7 Å². The Bertz CT molecular complexity index is 477. The van der Waals surface area contributed by atoms with Gasteiger partial charge in [0.25, 0.3) is 0 Å². The Labute approximate surface area is 104 Å². The minimum Gasteiger partial charge on any atom is -0.385 e. The van der Waals surface area contributed by atoms with Gasteiger partial charge in [0.1, 0.15) is 0 Å². The number of amides is 1. The Morgan fingerprint density at radius 3 is 2.59 bits per heavy atom. The number of hydrogen-bond donors (Lipinski definition) is 2. The average Bonchev–Trinajstić information content (AvgIpc) is 2.83. The summed E-state index contributed by atoms with van der Waals surface area (Å²) in [6.45, 7) is 0.885. The Hall–Kier alpha value is -1.81. The van der Waals surface area contributed by atoms with E-state index < -0.39 is 5.91 Å². The Balaban J connectivity index is 1.85. The van der Waals surface area contributed by atoms with E-state index in [0.29, 0.717) is 5.56 Å². The highest BCUT2D eigenvalue weighted by atomic mass is 32.1. The molecule has 1 amide bonds. The first-order valence-corrected chi connectivity index (χ1v) is 6.30. The van der Waals surface area contributed by atoms with Gasteiger partial charge in [-0.3, -0.25) is 4.79 Å². The molecule has 1 aromatic carbocycles. The van der Waals surface area contributed by atoms with Crippen molar-refractivity contribution in [2.45, 2.75) is 6.42 Å². The van der Waals surface area contributed by atoms with Crippen LogP contribution < -0.4 is 11.1 Å². The van der Waals surface area contributed by atoms with E-state index in [4.69, 9.17) is 5.73 Å². The number of primary amides is 1. The molecule has 0 bridgehead atoms. The number of benzene rings is 1. The lowest BCUT2D eigenvalue weighted by molar-refractivity contribution is 0.100. The third-order valence-electron chi connectivity index (χ3n) is 2.45. The number of thiophene rings is 1. The van der Waals surface area contributed by atoms with Crippen molar-refractivity contribution in [2.24, 2.45) is 5.73 Å². The molecule has 17 heavy (non-hydrogen) atoms. The van der Waals surface area contributed by atoms with E-state index >= 15 is 0 Å². The van der Waals surface area contributed by atoms with Crippen LogP contribution in [0.5, 0.6) is 0 Å². The van der Waals surface area contributed by atoms with Gasteiger partial charge in [0.15, 0.2) is 0 Å². The summed E-state index contributed by atoms with van der Waals surface area (Å²) in [4.78, 5) is 12.3. The van der Waals surface area contributed by atoms with Gasteiger partial charge in [-0.1, -0.05) is 6.07 Å². The largest absolute Gasteiger partial charge is 0.385 e. The summed E-state index contributed by atoms with van der Waals surface area (Å²) in [5.74, 6) is -0.393. The third kappa shape index (κ3) is 3.32. The first-order valence-electron chi connectivity index (χ1n) is 5.42. The Morgan fingerprint density at radius 2 is 2.00 bits per heavy atom. The van der Waals surface area contributed by atoms with Crippen LogP contribution in [-0.2, 0) is 6.42 Å². The van der Waals surface area contributed by atoms with E-state index in [-0.39, 0.29) is 0 Å². The number of hydrogen-bond acceptors (Lipinski definition) is 3. The van der Waals surface area contributed by atoms with E-state index in [1.807, 2.05) is 12.1 Å². The van der Waals surface area contributed by atoms with Crippen LogP contribution in [0.15, 0.2) is 41.8 Å². The second kappa shape index (κ2) is 5.50. The number of carbonyl (C=O) groups excluding carboxylic acids is 1. The molecule has 0 fully saturated rings. The molecule has 0 aliphatic rings.